The van der Waals surface area contributed by atoms with Gasteiger partial charge in [0.15, 0.2) is 0 Å². The van der Waals surface area contributed by atoms with Gasteiger partial charge in [-0.05, 0) is 62.9 Å². The van der Waals surface area contributed by atoms with Crippen LogP contribution >= 0.6 is 12.4 Å². The minimum atomic E-state index is -0.410. The second kappa shape index (κ2) is 20.1. The minimum Gasteiger partial charge on any atom is -0.457 e. The number of nitrogens with one attached hydrogen (secondary N) is 3. The van der Waals surface area contributed by atoms with Crippen LogP contribution in [0.2, 0.25) is 0 Å². The molecule has 312 valence electrons. The van der Waals surface area contributed by atoms with Gasteiger partial charge >= 0.3 is 6.03 Å². The van der Waals surface area contributed by atoms with Crippen LogP contribution in [0.25, 0.3) is 16.5 Å². The monoisotopic (exact) mass is 823 g/mol. The molecule has 2 saturated heterocycles. The van der Waals surface area contributed by atoms with E-state index in [1.165, 1.54) is 0 Å². The van der Waals surface area contributed by atoms with Crippen LogP contribution in [0.15, 0.2) is 85.1 Å². The summed E-state index contributed by atoms with van der Waals surface area (Å²) in [6.45, 7) is 11.7. The number of ether oxygens (including phenoxy) is 1. The van der Waals surface area contributed by atoms with E-state index >= 15 is 0 Å². The predicted octanol–water partition coefficient (Wildman–Crippen LogP) is 6.73. The van der Waals surface area contributed by atoms with Gasteiger partial charge in [0.1, 0.15) is 17.3 Å². The van der Waals surface area contributed by atoms with E-state index in [0.29, 0.717) is 28.7 Å². The third kappa shape index (κ3) is 11.8. The zero-order valence-corrected chi connectivity index (χ0v) is 34.9. The molecule has 2 fully saturated rings. The fourth-order valence-electron chi connectivity index (χ4n) is 6.78. The maximum atomic E-state index is 13.4. The summed E-state index contributed by atoms with van der Waals surface area (Å²) in [5.41, 5.74) is 8.89. The molecule has 59 heavy (non-hydrogen) atoms. The van der Waals surface area contributed by atoms with E-state index in [0.717, 1.165) is 79.6 Å². The highest BCUT2D eigenvalue weighted by molar-refractivity contribution is 6.07. The second-order valence-corrected chi connectivity index (χ2v) is 15.6. The SMILES string of the molecule is Cc1ccc(-n2nc(C(C)(C)C)cc2NC(=O)Nc2ccc(Oc3ccnc(CC(=O)NCC(=O)N4CCCC4)c3)c3ccccc23)cc1.Cl.NCC(=O)N1CCCC1. The van der Waals surface area contributed by atoms with Gasteiger partial charge in [-0.1, -0.05) is 62.7 Å². The molecule has 0 unspecified atom stereocenters. The average Bonchev–Trinajstić information content (AvgIpc) is 4.02. The molecule has 0 bridgehead atoms. The molecule has 5 aromatic rings. The molecular formula is C44H54ClN9O5. The van der Waals surface area contributed by atoms with Crippen LogP contribution in [-0.4, -0.2) is 87.6 Å². The number of benzene rings is 3. The van der Waals surface area contributed by atoms with Gasteiger partial charge in [0, 0.05) is 60.7 Å². The lowest BCUT2D eigenvalue weighted by Crippen LogP contribution is -2.39. The molecule has 15 heteroatoms. The summed E-state index contributed by atoms with van der Waals surface area (Å²) in [6, 6.07) is 24.1. The first kappa shape index (κ1) is 44.1. The molecule has 0 saturated carbocycles. The Morgan fingerprint density at radius 2 is 1.44 bits per heavy atom. The fraction of sp³-hybridized carbons (Fsp3) is 0.364. The Bertz CT molecular complexity index is 2240. The number of carbonyl (C=O) groups is 4. The van der Waals surface area contributed by atoms with Crippen molar-refractivity contribution in [1.82, 2.24) is 29.9 Å². The normalized spacial score (nSPS) is 13.6. The van der Waals surface area contributed by atoms with E-state index < -0.39 is 6.03 Å². The maximum Gasteiger partial charge on any atom is 0.324 e. The number of halogens is 1. The van der Waals surface area contributed by atoms with Crippen molar-refractivity contribution in [2.24, 2.45) is 5.73 Å². The quantitative estimate of drug-likeness (QED) is 0.120. The van der Waals surface area contributed by atoms with Crippen molar-refractivity contribution in [2.45, 2.75) is 65.2 Å². The van der Waals surface area contributed by atoms with Gasteiger partial charge in [-0.15, -0.1) is 12.4 Å². The largest absolute Gasteiger partial charge is 0.457 e. The standard InChI is InChI=1S/C38H41N7O4.C6H12N2O.ClH/c1-25-11-13-27(14-12-25)45-34(23-33(43-45)38(2,3)4)42-37(48)41-31-15-16-32(30-10-6-5-9-29(30)31)49-28-17-18-39-26(21-28)22-35(46)40-24-36(47)44-19-7-8-20-44;7-5-6(9)8-3-1-2-4-8;/h5-6,9-18,21,23H,7-8,19-20,22,24H2,1-4H3,(H,40,46)(H2,41,42,48);1-5,7H2;1H. The number of nitrogens with two attached hydrogens (primary N) is 1. The summed E-state index contributed by atoms with van der Waals surface area (Å²) in [5, 5.41) is 15.1. The van der Waals surface area contributed by atoms with Crippen LogP contribution in [-0.2, 0) is 26.2 Å². The van der Waals surface area contributed by atoms with Crippen LogP contribution in [0.4, 0.5) is 16.3 Å². The Balaban J connectivity index is 0.000000586. The third-order valence-corrected chi connectivity index (χ3v) is 10.0. The molecular weight excluding hydrogens is 770 g/mol. The second-order valence-electron chi connectivity index (χ2n) is 15.6. The van der Waals surface area contributed by atoms with Gasteiger partial charge in [0.25, 0.3) is 0 Å². The van der Waals surface area contributed by atoms with Crippen LogP contribution in [0.5, 0.6) is 11.5 Å². The van der Waals surface area contributed by atoms with E-state index in [2.05, 4.69) is 41.7 Å². The van der Waals surface area contributed by atoms with Gasteiger partial charge in [0.05, 0.1) is 42.3 Å². The molecule has 2 aliphatic heterocycles. The highest BCUT2D eigenvalue weighted by Gasteiger charge is 2.23. The Hall–Kier alpha value is -5.99. The van der Waals surface area contributed by atoms with Crippen molar-refractivity contribution in [3.05, 3.63) is 102 Å². The first-order chi connectivity index (χ1) is 27.9. The number of hydrogen-bond acceptors (Lipinski definition) is 8. The number of fused-ring (bicyclic) bond motifs is 1. The Kier molecular flexibility index (Phi) is 15.0. The molecule has 5 amide bonds. The van der Waals surface area contributed by atoms with Crippen molar-refractivity contribution in [3.63, 3.8) is 0 Å². The number of pyridine rings is 1. The number of aryl methyl sites for hydroxylation is 1. The lowest BCUT2D eigenvalue weighted by atomic mass is 9.92. The molecule has 4 heterocycles. The number of anilines is 2. The zero-order valence-electron chi connectivity index (χ0n) is 34.1. The molecule has 2 aliphatic rings. The van der Waals surface area contributed by atoms with Gasteiger partial charge < -0.3 is 30.9 Å². The van der Waals surface area contributed by atoms with Crippen LogP contribution < -0.4 is 26.4 Å². The van der Waals surface area contributed by atoms with E-state index in [9.17, 15) is 19.2 Å². The fourth-order valence-corrected chi connectivity index (χ4v) is 6.78. The highest BCUT2D eigenvalue weighted by Crippen LogP contribution is 2.35. The van der Waals surface area contributed by atoms with Gasteiger partial charge in [-0.25, -0.2) is 9.48 Å². The van der Waals surface area contributed by atoms with Crippen LogP contribution in [0.1, 0.15) is 63.4 Å². The van der Waals surface area contributed by atoms with Crippen LogP contribution in [0.3, 0.4) is 0 Å². The van der Waals surface area contributed by atoms with Crippen molar-refractivity contribution in [1.29, 1.82) is 0 Å². The molecule has 14 nitrogen and oxygen atoms in total. The predicted molar refractivity (Wildman–Crippen MR) is 233 cm³/mol. The third-order valence-electron chi connectivity index (χ3n) is 10.0. The van der Waals surface area contributed by atoms with Crippen molar-refractivity contribution in [2.75, 3.05) is 49.9 Å². The molecule has 2 aromatic heterocycles. The number of likely N-dealkylation sites (tertiary alicyclic amines) is 2. The first-order valence-corrected chi connectivity index (χ1v) is 19.8. The number of rotatable bonds is 10. The summed E-state index contributed by atoms with van der Waals surface area (Å²) in [5.74, 6) is 1.37. The Morgan fingerprint density at radius 1 is 0.797 bits per heavy atom. The molecule has 3 aromatic carbocycles. The van der Waals surface area contributed by atoms with Crippen molar-refractivity contribution in [3.8, 4) is 17.2 Å². The Labute approximate surface area is 351 Å². The molecule has 0 atom stereocenters. The number of amides is 5. The number of urea groups is 1. The molecule has 0 aliphatic carbocycles. The number of hydrogen-bond donors (Lipinski definition) is 4. The highest BCUT2D eigenvalue weighted by atomic mass is 35.5. The van der Waals surface area contributed by atoms with Crippen molar-refractivity contribution >= 4 is 58.4 Å². The summed E-state index contributed by atoms with van der Waals surface area (Å²) < 4.78 is 8.02. The van der Waals surface area contributed by atoms with Crippen LogP contribution in [0, 0.1) is 6.92 Å². The maximum absolute atomic E-state index is 13.4. The number of aromatic nitrogens is 3. The summed E-state index contributed by atoms with van der Waals surface area (Å²) in [7, 11) is 0. The summed E-state index contributed by atoms with van der Waals surface area (Å²) >= 11 is 0. The van der Waals surface area contributed by atoms with E-state index in [4.69, 9.17) is 15.6 Å². The number of carbonyl (C=O) groups excluding carboxylic acids is 4. The van der Waals surface area contributed by atoms with E-state index in [1.54, 1.807) is 40.0 Å². The summed E-state index contributed by atoms with van der Waals surface area (Å²) in [6.07, 6.45) is 5.89. The van der Waals surface area contributed by atoms with Gasteiger partial charge in [0.2, 0.25) is 17.7 Å². The van der Waals surface area contributed by atoms with E-state index in [1.807, 2.05) is 66.4 Å². The minimum absolute atomic E-state index is 0. The molecule has 7 rings (SSSR count). The lowest BCUT2D eigenvalue weighted by molar-refractivity contribution is -0.131. The zero-order chi connectivity index (χ0) is 41.2. The van der Waals surface area contributed by atoms with Gasteiger partial charge in [-0.3, -0.25) is 24.7 Å². The van der Waals surface area contributed by atoms with E-state index in [-0.39, 0.29) is 55.1 Å². The lowest BCUT2D eigenvalue weighted by Gasteiger charge is -2.15. The topological polar surface area (TPSA) is 177 Å². The molecule has 0 spiro atoms. The smallest absolute Gasteiger partial charge is 0.324 e. The first-order valence-electron chi connectivity index (χ1n) is 19.8. The molecule has 0 radical (unpaired) electrons. The average molecular weight is 824 g/mol. The summed E-state index contributed by atoms with van der Waals surface area (Å²) in [4.78, 5) is 57.0. The number of nitrogens with zero attached hydrogens (tertiary/aromatic N) is 5. The Morgan fingerprint density at radius 3 is 2.08 bits per heavy atom. The van der Waals surface area contributed by atoms with Gasteiger partial charge in [-0.2, -0.15) is 5.10 Å². The van der Waals surface area contributed by atoms with Crippen molar-refractivity contribution < 1.29 is 23.9 Å². The molecule has 5 N–H and O–H groups in total.